The second kappa shape index (κ2) is 5.83. The van der Waals surface area contributed by atoms with E-state index in [1.165, 1.54) is 32.1 Å². The Morgan fingerprint density at radius 3 is 2.80 bits per heavy atom. The first kappa shape index (κ1) is 11.4. The van der Waals surface area contributed by atoms with Crippen molar-refractivity contribution in [3.63, 3.8) is 0 Å². The van der Waals surface area contributed by atoms with E-state index in [1.807, 2.05) is 0 Å². The van der Waals surface area contributed by atoms with E-state index >= 15 is 0 Å². The number of ether oxygens (including phenoxy) is 1. The van der Waals surface area contributed by atoms with Crippen LogP contribution in [0.4, 0.5) is 0 Å². The van der Waals surface area contributed by atoms with Crippen LogP contribution in [0.3, 0.4) is 0 Å². The Labute approximate surface area is 92.7 Å². The largest absolute Gasteiger partial charge is 0.378 e. The second-order valence-electron chi connectivity index (χ2n) is 4.88. The molecule has 3 nitrogen and oxygen atoms in total. The smallest absolute Gasteiger partial charge is 0.0955 e. The number of hydrogen-bond acceptors (Lipinski definition) is 2. The van der Waals surface area contributed by atoms with Crippen LogP contribution in [0.15, 0.2) is 0 Å². The minimum atomic E-state index is -0.307. The quantitative estimate of drug-likeness (QED) is 0.754. The van der Waals surface area contributed by atoms with Crippen molar-refractivity contribution in [2.24, 2.45) is 5.92 Å². The van der Waals surface area contributed by atoms with E-state index in [1.54, 1.807) is 0 Å². The maximum absolute atomic E-state index is 9.91. The molecular formula is C12H22N2O. The zero-order chi connectivity index (χ0) is 10.5. The predicted octanol–water partition coefficient (Wildman–Crippen LogP) is 1.73. The molecule has 0 amide bonds. The number of rotatable bonds is 2. The van der Waals surface area contributed by atoms with Gasteiger partial charge in [-0.25, -0.2) is 0 Å². The van der Waals surface area contributed by atoms with E-state index in [-0.39, 0.29) is 6.17 Å². The van der Waals surface area contributed by atoms with Gasteiger partial charge in [-0.3, -0.25) is 5.32 Å². The first-order valence-electron chi connectivity index (χ1n) is 6.39. The fourth-order valence-corrected chi connectivity index (χ4v) is 2.68. The zero-order valence-corrected chi connectivity index (χ0v) is 9.45. The molecule has 0 spiro atoms. The summed E-state index contributed by atoms with van der Waals surface area (Å²) >= 11 is 0. The van der Waals surface area contributed by atoms with Crippen molar-refractivity contribution in [3.05, 3.63) is 0 Å². The second-order valence-corrected chi connectivity index (χ2v) is 4.88. The third-order valence-corrected chi connectivity index (χ3v) is 3.64. The summed E-state index contributed by atoms with van der Waals surface area (Å²) in [6.45, 7) is 1.88. The van der Waals surface area contributed by atoms with Crippen LogP contribution in [0.2, 0.25) is 0 Å². The van der Waals surface area contributed by atoms with Crippen molar-refractivity contribution in [3.8, 4) is 0 Å². The van der Waals surface area contributed by atoms with Crippen LogP contribution >= 0.6 is 0 Å². The van der Waals surface area contributed by atoms with E-state index in [0.717, 1.165) is 26.0 Å². The molecule has 0 saturated carbocycles. The first-order chi connectivity index (χ1) is 7.36. The van der Waals surface area contributed by atoms with Crippen molar-refractivity contribution < 1.29 is 4.74 Å². The fraction of sp³-hybridized carbons (Fsp3) is 1.00. The van der Waals surface area contributed by atoms with Crippen LogP contribution in [0, 0.1) is 5.92 Å². The summed E-state index contributed by atoms with van der Waals surface area (Å²) < 4.78 is 5.73. The lowest BCUT2D eigenvalue weighted by atomic mass is 9.91. The highest BCUT2D eigenvalue weighted by Crippen LogP contribution is 2.25. The lowest BCUT2D eigenvalue weighted by Crippen LogP contribution is -2.38. The zero-order valence-electron chi connectivity index (χ0n) is 9.45. The van der Waals surface area contributed by atoms with Gasteiger partial charge in [-0.1, -0.05) is 6.42 Å². The molecule has 86 valence electrons. The van der Waals surface area contributed by atoms with Crippen LogP contribution in [0.5, 0.6) is 0 Å². The van der Waals surface area contributed by atoms with Gasteiger partial charge in [0.05, 0.1) is 12.3 Å². The van der Waals surface area contributed by atoms with Crippen molar-refractivity contribution >= 4 is 0 Å². The summed E-state index contributed by atoms with van der Waals surface area (Å²) in [6, 6.07) is 0. The molecule has 3 heteroatoms. The molecule has 2 saturated heterocycles. The molecule has 2 heterocycles. The minimum absolute atomic E-state index is 0.307. The molecule has 2 rings (SSSR count). The Balaban J connectivity index is 1.79. The minimum Gasteiger partial charge on any atom is -0.378 e. The summed E-state index contributed by atoms with van der Waals surface area (Å²) in [6.07, 6.45) is 8.39. The lowest BCUT2D eigenvalue weighted by molar-refractivity contribution is -0.00232. The standard InChI is InChI=1S/C12H22N2O/c13-12-10(5-1-3-7-14-12)9-11-6-2-4-8-15-11/h10-12,14H,1-9H2. The van der Waals surface area contributed by atoms with Gasteiger partial charge in [-0.15, -0.1) is 5.73 Å². The van der Waals surface area contributed by atoms with Crippen molar-refractivity contribution in [1.29, 1.82) is 0 Å². The summed E-state index contributed by atoms with van der Waals surface area (Å²) in [5, 5.41) is 3.18. The average Bonchev–Trinajstić information content (AvgIpc) is 2.46. The van der Waals surface area contributed by atoms with E-state index in [9.17, 15) is 5.73 Å². The van der Waals surface area contributed by atoms with Crippen LogP contribution in [0.1, 0.15) is 44.9 Å². The van der Waals surface area contributed by atoms with Gasteiger partial charge in [-0.05, 0) is 51.0 Å². The molecule has 1 N–H and O–H groups in total. The Morgan fingerprint density at radius 2 is 2.00 bits per heavy atom. The molecule has 0 aromatic heterocycles. The van der Waals surface area contributed by atoms with E-state index in [4.69, 9.17) is 4.74 Å². The van der Waals surface area contributed by atoms with Gasteiger partial charge in [0.15, 0.2) is 0 Å². The highest BCUT2D eigenvalue weighted by atomic mass is 16.5. The molecule has 2 aliphatic heterocycles. The molecule has 2 aliphatic rings. The highest BCUT2D eigenvalue weighted by molar-refractivity contribution is 4.78. The number of hydrogen-bond donors (Lipinski definition) is 1. The molecule has 2 radical (unpaired) electrons. The van der Waals surface area contributed by atoms with Crippen LogP contribution in [-0.2, 0) is 4.74 Å². The Morgan fingerprint density at radius 1 is 1.13 bits per heavy atom. The van der Waals surface area contributed by atoms with Crippen LogP contribution < -0.4 is 11.1 Å². The van der Waals surface area contributed by atoms with Crippen LogP contribution in [0.25, 0.3) is 0 Å². The van der Waals surface area contributed by atoms with Gasteiger partial charge >= 0.3 is 0 Å². The highest BCUT2D eigenvalue weighted by Gasteiger charge is 2.26. The molecule has 0 aliphatic carbocycles. The maximum atomic E-state index is 9.91. The fourth-order valence-electron chi connectivity index (χ4n) is 2.68. The Hall–Kier alpha value is -0.120. The van der Waals surface area contributed by atoms with E-state index in [2.05, 4.69) is 5.32 Å². The monoisotopic (exact) mass is 210 g/mol. The van der Waals surface area contributed by atoms with Crippen molar-refractivity contribution in [2.45, 2.75) is 57.2 Å². The topological polar surface area (TPSA) is 43.6 Å². The van der Waals surface area contributed by atoms with Gasteiger partial charge in [0.2, 0.25) is 0 Å². The average molecular weight is 210 g/mol. The lowest BCUT2D eigenvalue weighted by Gasteiger charge is -2.28. The molecule has 2 fully saturated rings. The third kappa shape index (κ3) is 3.44. The SMILES string of the molecule is [N]C1NCCCCC1CC1CCCCO1. The summed E-state index contributed by atoms with van der Waals surface area (Å²) in [4.78, 5) is 0. The first-order valence-corrected chi connectivity index (χ1v) is 6.39. The maximum Gasteiger partial charge on any atom is 0.0955 e. The van der Waals surface area contributed by atoms with Crippen LogP contribution in [-0.4, -0.2) is 25.4 Å². The number of nitrogens with zero attached hydrogens (tertiary/aromatic N) is 1. The molecule has 3 unspecified atom stereocenters. The van der Waals surface area contributed by atoms with Gasteiger partial charge < -0.3 is 4.74 Å². The Kier molecular flexibility index (Phi) is 4.42. The molecular weight excluding hydrogens is 188 g/mol. The van der Waals surface area contributed by atoms with Gasteiger partial charge in [-0.2, -0.15) is 0 Å². The van der Waals surface area contributed by atoms with Crippen molar-refractivity contribution in [1.82, 2.24) is 11.1 Å². The predicted molar refractivity (Wildman–Crippen MR) is 59.5 cm³/mol. The normalized spacial score (nSPS) is 38.6. The summed E-state index contributed by atoms with van der Waals surface area (Å²) in [5.41, 5.74) is 9.91. The van der Waals surface area contributed by atoms with Gasteiger partial charge in [0.1, 0.15) is 0 Å². The molecule has 15 heavy (non-hydrogen) atoms. The van der Waals surface area contributed by atoms with Gasteiger partial charge in [0, 0.05) is 6.61 Å². The molecule has 3 atom stereocenters. The molecule has 0 aromatic carbocycles. The van der Waals surface area contributed by atoms with E-state index in [0.29, 0.717) is 12.0 Å². The summed E-state index contributed by atoms with van der Waals surface area (Å²) in [5.74, 6) is 0.399. The Bertz CT molecular complexity index is 180. The van der Waals surface area contributed by atoms with Crippen molar-refractivity contribution in [2.75, 3.05) is 13.2 Å². The number of nitrogens with one attached hydrogen (secondary N) is 1. The van der Waals surface area contributed by atoms with Gasteiger partial charge in [0.25, 0.3) is 0 Å². The molecule has 0 bridgehead atoms. The third-order valence-electron chi connectivity index (χ3n) is 3.64. The summed E-state index contributed by atoms with van der Waals surface area (Å²) in [7, 11) is 0. The molecule has 0 aromatic rings. The van der Waals surface area contributed by atoms with E-state index < -0.39 is 0 Å².